The molecular weight excluding hydrogens is 266 g/mol. The summed E-state index contributed by atoms with van der Waals surface area (Å²) in [4.78, 5) is 6.85. The van der Waals surface area contributed by atoms with Crippen molar-refractivity contribution < 1.29 is 0 Å². The third kappa shape index (κ3) is 2.13. The van der Waals surface area contributed by atoms with Crippen molar-refractivity contribution in [3.8, 4) is 0 Å². The zero-order valence-corrected chi connectivity index (χ0v) is 11.4. The van der Waals surface area contributed by atoms with Gasteiger partial charge in [-0.15, -0.1) is 0 Å². The van der Waals surface area contributed by atoms with Gasteiger partial charge >= 0.3 is 0 Å². The zero-order chi connectivity index (χ0) is 11.7. The molecule has 0 aliphatic heterocycles. The molecule has 1 unspecified atom stereocenters. The van der Waals surface area contributed by atoms with E-state index in [9.17, 15) is 0 Å². The van der Waals surface area contributed by atoms with Crippen molar-refractivity contribution >= 4 is 21.6 Å². The average Bonchev–Trinajstić information content (AvgIpc) is 2.60. The largest absolute Gasteiger partial charge is 0.306 e. The highest BCUT2D eigenvalue weighted by atomic mass is 79.9. The summed E-state index contributed by atoms with van der Waals surface area (Å²) in [5.41, 5.74) is 2.13. The van der Waals surface area contributed by atoms with E-state index in [1.54, 1.807) is 0 Å². The minimum atomic E-state index is 0.388. The van der Waals surface area contributed by atoms with E-state index in [2.05, 4.69) is 57.4 Å². The molecule has 2 aromatic heterocycles. The second-order valence-electron chi connectivity index (χ2n) is 4.17. The topological polar surface area (TPSA) is 20.5 Å². The number of nitrogens with zero attached hydrogens (tertiary/aromatic N) is 3. The lowest BCUT2D eigenvalue weighted by Gasteiger charge is -2.20. The fraction of sp³-hybridized carbons (Fsp3) is 0.417. The molecule has 0 radical (unpaired) electrons. The highest BCUT2D eigenvalue weighted by Gasteiger charge is 2.15. The van der Waals surface area contributed by atoms with Crippen LogP contribution in [-0.2, 0) is 0 Å². The summed E-state index contributed by atoms with van der Waals surface area (Å²) >= 11 is 3.47. The molecule has 0 saturated carbocycles. The predicted octanol–water partition coefficient (Wildman–Crippen LogP) is 3.11. The monoisotopic (exact) mass is 281 g/mol. The Hall–Kier alpha value is -0.870. The van der Waals surface area contributed by atoms with Crippen LogP contribution in [0, 0.1) is 0 Å². The molecule has 86 valence electrons. The first kappa shape index (κ1) is 11.6. The van der Waals surface area contributed by atoms with E-state index in [4.69, 9.17) is 0 Å². The Balaban J connectivity index is 2.45. The second-order valence-corrected chi connectivity index (χ2v) is 5.08. The van der Waals surface area contributed by atoms with Gasteiger partial charge in [-0.1, -0.05) is 6.92 Å². The van der Waals surface area contributed by atoms with Crippen LogP contribution < -0.4 is 0 Å². The Morgan fingerprint density at radius 1 is 1.38 bits per heavy atom. The minimum Gasteiger partial charge on any atom is -0.306 e. The Labute approximate surface area is 104 Å². The normalized spacial score (nSPS) is 13.6. The van der Waals surface area contributed by atoms with Gasteiger partial charge in [0.15, 0.2) is 0 Å². The number of imidazole rings is 1. The SMILES string of the molecule is CCC(c1cn2cc(Br)ccc2n1)N(C)C. The third-order valence-corrected chi connectivity index (χ3v) is 3.25. The number of hydrogen-bond acceptors (Lipinski definition) is 2. The lowest BCUT2D eigenvalue weighted by atomic mass is 10.1. The van der Waals surface area contributed by atoms with Crippen LogP contribution >= 0.6 is 15.9 Å². The van der Waals surface area contributed by atoms with Gasteiger partial charge < -0.3 is 9.30 Å². The van der Waals surface area contributed by atoms with Crippen molar-refractivity contribution in [2.24, 2.45) is 0 Å². The first-order valence-corrected chi connectivity index (χ1v) is 6.21. The van der Waals surface area contributed by atoms with E-state index in [0.717, 1.165) is 22.2 Å². The van der Waals surface area contributed by atoms with Crippen LogP contribution in [0.15, 0.2) is 29.0 Å². The van der Waals surface area contributed by atoms with Crippen molar-refractivity contribution in [3.05, 3.63) is 34.7 Å². The molecule has 1 atom stereocenters. The summed E-state index contributed by atoms with van der Waals surface area (Å²) in [6.45, 7) is 2.19. The maximum absolute atomic E-state index is 4.65. The number of aromatic nitrogens is 2. The van der Waals surface area contributed by atoms with Crippen molar-refractivity contribution in [2.45, 2.75) is 19.4 Å². The average molecular weight is 282 g/mol. The first-order valence-electron chi connectivity index (χ1n) is 5.42. The van der Waals surface area contributed by atoms with Crippen molar-refractivity contribution in [2.75, 3.05) is 14.1 Å². The van der Waals surface area contributed by atoms with E-state index in [0.29, 0.717) is 6.04 Å². The van der Waals surface area contributed by atoms with E-state index in [1.807, 2.05) is 18.3 Å². The second kappa shape index (κ2) is 4.55. The zero-order valence-electron chi connectivity index (χ0n) is 9.81. The molecule has 3 nitrogen and oxygen atoms in total. The molecule has 4 heteroatoms. The minimum absolute atomic E-state index is 0.388. The van der Waals surface area contributed by atoms with Gasteiger partial charge in [0.2, 0.25) is 0 Å². The fourth-order valence-corrected chi connectivity index (χ4v) is 2.34. The van der Waals surface area contributed by atoms with Gasteiger partial charge in [0, 0.05) is 16.9 Å². The van der Waals surface area contributed by atoms with Gasteiger partial charge in [0.05, 0.1) is 11.7 Å². The molecule has 0 bridgehead atoms. The Morgan fingerprint density at radius 3 is 2.75 bits per heavy atom. The molecule has 0 N–H and O–H groups in total. The lowest BCUT2D eigenvalue weighted by Crippen LogP contribution is -2.19. The molecule has 2 aromatic rings. The third-order valence-electron chi connectivity index (χ3n) is 2.79. The number of fused-ring (bicyclic) bond motifs is 1. The van der Waals surface area contributed by atoms with E-state index in [-0.39, 0.29) is 0 Å². The molecule has 2 heterocycles. The van der Waals surface area contributed by atoms with E-state index < -0.39 is 0 Å². The lowest BCUT2D eigenvalue weighted by molar-refractivity contribution is 0.287. The summed E-state index contributed by atoms with van der Waals surface area (Å²) in [6, 6.07) is 4.43. The van der Waals surface area contributed by atoms with E-state index in [1.165, 1.54) is 0 Å². The summed E-state index contributed by atoms with van der Waals surface area (Å²) in [6.07, 6.45) is 5.21. The maximum Gasteiger partial charge on any atom is 0.137 e. The fourth-order valence-electron chi connectivity index (χ4n) is 1.98. The summed E-state index contributed by atoms with van der Waals surface area (Å²) in [7, 11) is 4.18. The number of hydrogen-bond donors (Lipinski definition) is 0. The Bertz CT molecular complexity index is 490. The smallest absolute Gasteiger partial charge is 0.137 e. The molecule has 0 aliphatic rings. The van der Waals surface area contributed by atoms with Crippen LogP contribution in [0.25, 0.3) is 5.65 Å². The van der Waals surface area contributed by atoms with Crippen LogP contribution in [-0.4, -0.2) is 28.4 Å². The van der Waals surface area contributed by atoms with Crippen LogP contribution in [0.4, 0.5) is 0 Å². The molecular formula is C12H16BrN3. The number of rotatable bonds is 3. The van der Waals surface area contributed by atoms with Crippen molar-refractivity contribution in [1.82, 2.24) is 14.3 Å². The van der Waals surface area contributed by atoms with Crippen LogP contribution in [0.1, 0.15) is 25.1 Å². The molecule has 0 amide bonds. The Kier molecular flexibility index (Phi) is 3.30. The van der Waals surface area contributed by atoms with Crippen LogP contribution in [0.5, 0.6) is 0 Å². The predicted molar refractivity (Wildman–Crippen MR) is 69.6 cm³/mol. The summed E-state index contributed by atoms with van der Waals surface area (Å²) < 4.78 is 3.13. The van der Waals surface area contributed by atoms with Crippen molar-refractivity contribution in [3.63, 3.8) is 0 Å². The highest BCUT2D eigenvalue weighted by Crippen LogP contribution is 2.22. The molecule has 0 saturated heterocycles. The standard InChI is InChI=1S/C12H16BrN3/c1-4-11(15(2)3)10-8-16-7-9(13)5-6-12(16)14-10/h5-8,11H,4H2,1-3H3. The maximum atomic E-state index is 4.65. The molecule has 2 rings (SSSR count). The van der Waals surface area contributed by atoms with Gasteiger partial charge in [-0.05, 0) is 48.6 Å². The van der Waals surface area contributed by atoms with Gasteiger partial charge in [0.1, 0.15) is 5.65 Å². The molecule has 0 aliphatic carbocycles. The highest BCUT2D eigenvalue weighted by molar-refractivity contribution is 9.10. The summed E-state index contributed by atoms with van der Waals surface area (Å²) in [5.74, 6) is 0. The molecule has 0 fully saturated rings. The Morgan fingerprint density at radius 2 is 2.12 bits per heavy atom. The molecule has 0 spiro atoms. The number of halogens is 1. The first-order chi connectivity index (χ1) is 7.61. The van der Waals surface area contributed by atoms with E-state index >= 15 is 0 Å². The van der Waals surface area contributed by atoms with Crippen LogP contribution in [0.2, 0.25) is 0 Å². The van der Waals surface area contributed by atoms with Gasteiger partial charge in [-0.2, -0.15) is 0 Å². The van der Waals surface area contributed by atoms with Crippen LogP contribution in [0.3, 0.4) is 0 Å². The molecule has 16 heavy (non-hydrogen) atoms. The van der Waals surface area contributed by atoms with Crippen molar-refractivity contribution in [1.29, 1.82) is 0 Å². The van der Waals surface area contributed by atoms with Gasteiger partial charge in [0.25, 0.3) is 0 Å². The molecule has 0 aromatic carbocycles. The van der Waals surface area contributed by atoms with Gasteiger partial charge in [-0.3, -0.25) is 0 Å². The van der Waals surface area contributed by atoms with Gasteiger partial charge in [-0.25, -0.2) is 4.98 Å². The number of pyridine rings is 1. The quantitative estimate of drug-likeness (QED) is 0.862. The summed E-state index contributed by atoms with van der Waals surface area (Å²) in [5, 5.41) is 0.